The lowest BCUT2D eigenvalue weighted by Crippen LogP contribution is -2.50. The molecule has 12 heteroatoms. The minimum Gasteiger partial charge on any atom is -0.444 e. The number of nitrogens with one attached hydrogen (secondary N) is 4. The van der Waals surface area contributed by atoms with E-state index in [0.29, 0.717) is 0 Å². The van der Waals surface area contributed by atoms with Gasteiger partial charge in [-0.15, -0.1) is 0 Å². The number of aliphatic hydroxyl groups is 1. The fourth-order valence-electron chi connectivity index (χ4n) is 4.60. The van der Waals surface area contributed by atoms with Gasteiger partial charge in [-0.2, -0.15) is 0 Å². The number of fused-ring (bicyclic) bond motifs is 1. The van der Waals surface area contributed by atoms with Crippen molar-refractivity contribution in [2.45, 2.75) is 77.7 Å². The average Bonchev–Trinajstić information content (AvgIpc) is 3.33. The van der Waals surface area contributed by atoms with Gasteiger partial charge in [0.2, 0.25) is 11.8 Å². The largest absolute Gasteiger partial charge is 0.444 e. The Hall–Kier alpha value is -4.03. The molecule has 10 nitrogen and oxygen atoms in total. The number of aromatic nitrogens is 1. The number of hydrogen-bond donors (Lipinski definition) is 6. The van der Waals surface area contributed by atoms with Crippen LogP contribution in [-0.2, 0) is 27.2 Å². The number of rotatable bonds is 13. The van der Waals surface area contributed by atoms with Gasteiger partial charge in [-0.1, -0.05) is 32.0 Å². The first-order valence-corrected chi connectivity index (χ1v) is 14.5. The van der Waals surface area contributed by atoms with Gasteiger partial charge < -0.3 is 36.5 Å². The molecular formula is C32H43F2N5O5. The predicted molar refractivity (Wildman–Crippen MR) is 164 cm³/mol. The summed E-state index contributed by atoms with van der Waals surface area (Å²) in [7, 11) is 0. The van der Waals surface area contributed by atoms with Crippen LogP contribution in [0.25, 0.3) is 10.9 Å². The Morgan fingerprint density at radius 2 is 1.66 bits per heavy atom. The molecule has 0 saturated heterocycles. The lowest BCUT2D eigenvalue weighted by molar-refractivity contribution is -0.130. The van der Waals surface area contributed by atoms with Gasteiger partial charge >= 0.3 is 6.09 Å². The van der Waals surface area contributed by atoms with Crippen molar-refractivity contribution >= 4 is 28.8 Å². The summed E-state index contributed by atoms with van der Waals surface area (Å²) in [6.07, 6.45) is -0.529. The highest BCUT2D eigenvalue weighted by Gasteiger charge is 2.28. The number of aromatic amines is 1. The molecule has 0 radical (unpaired) electrons. The quantitative estimate of drug-likeness (QED) is 0.173. The monoisotopic (exact) mass is 615 g/mol. The number of ether oxygens (including phenoxy) is 1. The van der Waals surface area contributed by atoms with Crippen LogP contribution in [0.15, 0.2) is 48.7 Å². The van der Waals surface area contributed by atoms with Crippen LogP contribution in [-0.4, -0.2) is 64.9 Å². The standard InChI is InChI=1S/C32H43F2N5O5/c1-31(2,3)44-30(43)39-22(13-19-12-21(33)10-11-24(19)34)15-27(40)37-17-32(4,5)18-38-29(42)28(41)25(35)14-20-16-36-26-9-7-6-8-23(20)26/h6-12,16,22,25,28,36,41H,13-15,17-18,35H2,1-5H3,(H,37,40)(H,38,42)(H,39,43). The number of H-pyrrole nitrogens is 1. The number of nitrogens with two attached hydrogens (primary N) is 1. The maximum atomic E-state index is 14.3. The highest BCUT2D eigenvalue weighted by atomic mass is 19.1. The van der Waals surface area contributed by atoms with Gasteiger partial charge in [-0.3, -0.25) is 9.59 Å². The van der Waals surface area contributed by atoms with Crippen molar-refractivity contribution in [2.24, 2.45) is 11.1 Å². The van der Waals surface area contributed by atoms with E-state index in [1.54, 1.807) is 20.8 Å². The van der Waals surface area contributed by atoms with Crippen LogP contribution in [0.2, 0.25) is 0 Å². The van der Waals surface area contributed by atoms with Gasteiger partial charge in [0.25, 0.3) is 0 Å². The van der Waals surface area contributed by atoms with E-state index in [1.807, 2.05) is 44.3 Å². The Bertz CT molecular complexity index is 1450. The first-order chi connectivity index (χ1) is 20.5. The molecule has 0 spiro atoms. The SMILES string of the molecule is CC(C)(CNC(=O)CC(Cc1cc(F)ccc1F)NC(=O)OC(C)(C)C)CNC(=O)C(O)C(N)Cc1c[nH]c2ccccc12. The second-order valence-electron chi connectivity index (χ2n) is 12.8. The smallest absolute Gasteiger partial charge is 0.407 e. The Balaban J connectivity index is 1.52. The zero-order valence-corrected chi connectivity index (χ0v) is 25.8. The average molecular weight is 616 g/mol. The maximum absolute atomic E-state index is 14.3. The van der Waals surface area contributed by atoms with Gasteiger partial charge in [0.1, 0.15) is 23.3 Å². The van der Waals surface area contributed by atoms with E-state index in [0.717, 1.165) is 34.7 Å². The van der Waals surface area contributed by atoms with Crippen LogP contribution in [0, 0.1) is 17.0 Å². The molecule has 3 rings (SSSR count). The summed E-state index contributed by atoms with van der Waals surface area (Å²) in [6.45, 7) is 8.91. The summed E-state index contributed by atoms with van der Waals surface area (Å²) < 4.78 is 33.3. The summed E-state index contributed by atoms with van der Waals surface area (Å²) in [4.78, 5) is 41.1. The Labute approximate surface area is 256 Å². The summed E-state index contributed by atoms with van der Waals surface area (Å²) in [5.41, 5.74) is 6.56. The lowest BCUT2D eigenvalue weighted by atomic mass is 9.92. The molecule has 3 aromatic rings. The summed E-state index contributed by atoms with van der Waals surface area (Å²) in [5.74, 6) is -2.39. The van der Waals surface area contributed by atoms with Crippen LogP contribution in [0.5, 0.6) is 0 Å². The molecular weight excluding hydrogens is 572 g/mol. The van der Waals surface area contributed by atoms with E-state index >= 15 is 0 Å². The van der Waals surface area contributed by atoms with Crippen LogP contribution in [0.1, 0.15) is 52.2 Å². The van der Waals surface area contributed by atoms with E-state index < -0.39 is 58.7 Å². The molecule has 44 heavy (non-hydrogen) atoms. The number of halogens is 2. The van der Waals surface area contributed by atoms with Gasteiger partial charge in [-0.05, 0) is 74.4 Å². The van der Waals surface area contributed by atoms with Crippen LogP contribution >= 0.6 is 0 Å². The van der Waals surface area contributed by atoms with Crippen molar-refractivity contribution in [1.29, 1.82) is 0 Å². The van der Waals surface area contributed by atoms with E-state index in [9.17, 15) is 28.3 Å². The summed E-state index contributed by atoms with van der Waals surface area (Å²) in [6, 6.07) is 8.93. The normalized spacial score (nSPS) is 14.0. The molecule has 0 saturated carbocycles. The third kappa shape index (κ3) is 10.6. The molecule has 3 atom stereocenters. The van der Waals surface area contributed by atoms with Crippen LogP contribution in [0.3, 0.4) is 0 Å². The molecule has 0 aliphatic rings. The topological polar surface area (TPSA) is 159 Å². The Morgan fingerprint density at radius 3 is 2.36 bits per heavy atom. The minimum absolute atomic E-state index is 0.00311. The number of hydrogen-bond acceptors (Lipinski definition) is 6. The fraction of sp³-hybridized carbons (Fsp3) is 0.469. The lowest BCUT2D eigenvalue weighted by Gasteiger charge is -2.28. The first kappa shape index (κ1) is 34.5. The summed E-state index contributed by atoms with van der Waals surface area (Å²) >= 11 is 0. The molecule has 7 N–H and O–H groups in total. The number of para-hydroxylation sites is 1. The number of benzene rings is 2. The van der Waals surface area contributed by atoms with Crippen molar-refractivity contribution in [2.75, 3.05) is 13.1 Å². The van der Waals surface area contributed by atoms with Gasteiger partial charge in [0.05, 0.1) is 0 Å². The molecule has 1 aromatic heterocycles. The fourth-order valence-corrected chi connectivity index (χ4v) is 4.60. The maximum Gasteiger partial charge on any atom is 0.407 e. The van der Waals surface area contributed by atoms with E-state index in [4.69, 9.17) is 10.5 Å². The minimum atomic E-state index is -1.45. The highest BCUT2D eigenvalue weighted by Crippen LogP contribution is 2.20. The van der Waals surface area contributed by atoms with Crippen molar-refractivity contribution in [1.82, 2.24) is 20.9 Å². The van der Waals surface area contributed by atoms with Gasteiger partial charge in [0.15, 0.2) is 0 Å². The predicted octanol–water partition coefficient (Wildman–Crippen LogP) is 3.46. The number of carbonyl (C=O) groups is 3. The Kier molecular flexibility index (Phi) is 11.5. The van der Waals surface area contributed by atoms with Gasteiger partial charge in [0, 0.05) is 48.7 Å². The molecule has 1 heterocycles. The van der Waals surface area contributed by atoms with Crippen LogP contribution < -0.4 is 21.7 Å². The molecule has 240 valence electrons. The van der Waals surface area contributed by atoms with E-state index in [-0.39, 0.29) is 37.9 Å². The van der Waals surface area contributed by atoms with Crippen molar-refractivity contribution in [3.63, 3.8) is 0 Å². The van der Waals surface area contributed by atoms with E-state index in [2.05, 4.69) is 20.9 Å². The molecule has 3 unspecified atom stereocenters. The van der Waals surface area contributed by atoms with E-state index in [1.165, 1.54) is 0 Å². The molecule has 2 aromatic carbocycles. The number of aliphatic hydroxyl groups excluding tert-OH is 1. The zero-order chi connectivity index (χ0) is 32.7. The summed E-state index contributed by atoms with van der Waals surface area (Å²) in [5, 5.41) is 19.6. The Morgan fingerprint density at radius 1 is 0.977 bits per heavy atom. The molecule has 0 aliphatic heterocycles. The zero-order valence-electron chi connectivity index (χ0n) is 25.8. The third-order valence-electron chi connectivity index (χ3n) is 6.94. The van der Waals surface area contributed by atoms with Crippen molar-refractivity contribution in [3.05, 3.63) is 71.4 Å². The molecule has 0 aliphatic carbocycles. The second-order valence-corrected chi connectivity index (χ2v) is 12.8. The number of alkyl carbamates (subject to hydrolysis) is 1. The molecule has 0 bridgehead atoms. The van der Waals surface area contributed by atoms with Gasteiger partial charge in [-0.25, -0.2) is 13.6 Å². The first-order valence-electron chi connectivity index (χ1n) is 14.5. The van der Waals surface area contributed by atoms with Crippen molar-refractivity contribution < 1.29 is 33.0 Å². The molecule has 0 fully saturated rings. The van der Waals surface area contributed by atoms with Crippen LogP contribution in [0.4, 0.5) is 13.6 Å². The number of amides is 3. The number of carbonyl (C=O) groups excluding carboxylic acids is 3. The highest BCUT2D eigenvalue weighted by molar-refractivity contribution is 5.84. The molecule has 3 amide bonds. The van der Waals surface area contributed by atoms with Crippen molar-refractivity contribution in [3.8, 4) is 0 Å². The third-order valence-corrected chi connectivity index (χ3v) is 6.94. The second kappa shape index (κ2) is 14.6.